The van der Waals surface area contributed by atoms with E-state index in [4.69, 9.17) is 9.05 Å². The first kappa shape index (κ1) is 53.1. The molecule has 3 unspecified atom stereocenters. The number of hydrogen-bond donors (Lipinski definition) is 3. The van der Waals surface area contributed by atoms with Crippen LogP contribution in [0.4, 0.5) is 0 Å². The van der Waals surface area contributed by atoms with E-state index in [1.165, 1.54) is 103 Å². The van der Waals surface area contributed by atoms with Crippen molar-refractivity contribution in [3.05, 3.63) is 12.2 Å². The van der Waals surface area contributed by atoms with Gasteiger partial charge in [0.2, 0.25) is 6.29 Å². The van der Waals surface area contributed by atoms with Gasteiger partial charge >= 0.3 is 7.82 Å². The molecule has 0 spiro atoms. The third-order valence-electron chi connectivity index (χ3n) is 10.3. The number of rotatable bonds is 41. The summed E-state index contributed by atoms with van der Waals surface area (Å²) in [6.07, 6.45) is 34.0. The van der Waals surface area contributed by atoms with E-state index < -0.39 is 31.9 Å². The molecule has 0 aliphatic carbocycles. The number of phosphoric ester groups is 1. The molecule has 0 saturated carbocycles. The fourth-order valence-electron chi connectivity index (χ4n) is 6.65. The topological polar surface area (TPSA) is 130 Å². The first-order valence-corrected chi connectivity index (χ1v) is 23.8. The Morgan fingerprint density at radius 2 is 1.00 bits per heavy atom. The van der Waals surface area contributed by atoms with E-state index in [0.29, 0.717) is 23.9 Å². The standard InChI is InChI=1S/C44H86NO8P/c1-6-8-10-12-14-16-18-20-22-24-26-28-30-32-34-36-41(46)40-44(49,43(48)53-54(50,51)52-39-38-45(3,4)5)42(47)37-35-33-31-29-27-25-23-21-19-17-15-13-11-9-7-2/h20,22,43,48-49H,6-19,21,23-40H2,1-5H3/p+1/b22-20-. The molecule has 3 N–H and O–H groups in total. The first-order valence-electron chi connectivity index (χ1n) is 22.3. The maximum Gasteiger partial charge on any atom is 0.474 e. The minimum absolute atomic E-state index is 0.0616. The highest BCUT2D eigenvalue weighted by Gasteiger charge is 2.48. The lowest BCUT2D eigenvalue weighted by atomic mass is 9.87. The molecule has 0 aromatic carbocycles. The largest absolute Gasteiger partial charge is 0.474 e. The van der Waals surface area contributed by atoms with Crippen molar-refractivity contribution in [2.45, 2.75) is 225 Å². The summed E-state index contributed by atoms with van der Waals surface area (Å²) >= 11 is 0. The van der Waals surface area contributed by atoms with Gasteiger partial charge in [0, 0.05) is 19.3 Å². The van der Waals surface area contributed by atoms with Gasteiger partial charge in [0.1, 0.15) is 18.9 Å². The highest BCUT2D eigenvalue weighted by Crippen LogP contribution is 2.46. The number of phosphoric acid groups is 1. The van der Waals surface area contributed by atoms with Crippen molar-refractivity contribution in [1.82, 2.24) is 0 Å². The number of likely N-dealkylation sites (N-methyl/N-ethyl adjacent to an activating group) is 1. The highest BCUT2D eigenvalue weighted by molar-refractivity contribution is 7.47. The number of unbranched alkanes of at least 4 members (excludes halogenated alkanes) is 25. The molecule has 0 aromatic rings. The van der Waals surface area contributed by atoms with Crippen LogP contribution >= 0.6 is 7.82 Å². The zero-order valence-electron chi connectivity index (χ0n) is 35.8. The minimum Gasteiger partial charge on any atom is -0.377 e. The number of hydrogen-bond acceptors (Lipinski definition) is 7. The Balaban J connectivity index is 4.68. The highest BCUT2D eigenvalue weighted by atomic mass is 31.2. The molecular formula is C44H87NO8P+. The van der Waals surface area contributed by atoms with E-state index in [9.17, 15) is 29.3 Å². The van der Waals surface area contributed by atoms with Gasteiger partial charge in [-0.2, -0.15) is 0 Å². The Labute approximate surface area is 332 Å². The smallest absolute Gasteiger partial charge is 0.377 e. The number of quaternary nitrogens is 1. The zero-order chi connectivity index (χ0) is 40.4. The van der Waals surface area contributed by atoms with Crippen molar-refractivity contribution in [2.75, 3.05) is 34.3 Å². The van der Waals surface area contributed by atoms with Gasteiger partial charge in [-0.25, -0.2) is 4.57 Å². The molecule has 10 heteroatoms. The SMILES string of the molecule is CCCCCCCC/C=C\CCCCCCCC(=O)CC(O)(C(=O)CCCCCCCCCCCCCCCCC)C(O)OP(=O)(O)OCC[N+](C)(C)C. The van der Waals surface area contributed by atoms with Gasteiger partial charge < -0.3 is 19.6 Å². The number of carbonyl (C=O) groups excluding carboxylic acids is 2. The number of aliphatic hydroxyl groups is 2. The molecule has 0 aromatic heterocycles. The molecule has 0 aliphatic heterocycles. The summed E-state index contributed by atoms with van der Waals surface area (Å²) in [6.45, 7) is 4.74. The van der Waals surface area contributed by atoms with Crippen molar-refractivity contribution >= 4 is 19.4 Å². The molecule has 0 amide bonds. The number of allylic oxidation sites excluding steroid dienone is 2. The Morgan fingerprint density at radius 3 is 1.41 bits per heavy atom. The molecule has 0 heterocycles. The van der Waals surface area contributed by atoms with Gasteiger partial charge in [-0.1, -0.05) is 167 Å². The van der Waals surface area contributed by atoms with Crippen molar-refractivity contribution in [2.24, 2.45) is 0 Å². The Hall–Kier alpha value is -0.930. The van der Waals surface area contributed by atoms with Gasteiger partial charge in [-0.15, -0.1) is 0 Å². The predicted octanol–water partition coefficient (Wildman–Crippen LogP) is 11.7. The molecule has 54 heavy (non-hydrogen) atoms. The number of ketones is 2. The second-order valence-corrected chi connectivity index (χ2v) is 18.3. The van der Waals surface area contributed by atoms with Crippen LogP contribution in [-0.2, 0) is 23.2 Å². The Kier molecular flexibility index (Phi) is 33.6. The second kappa shape index (κ2) is 34.1. The lowest BCUT2D eigenvalue weighted by molar-refractivity contribution is -0.870. The predicted molar refractivity (Wildman–Crippen MR) is 224 cm³/mol. The molecule has 320 valence electrons. The van der Waals surface area contributed by atoms with E-state index in [1.54, 1.807) is 0 Å². The third kappa shape index (κ3) is 32.2. The molecule has 0 bridgehead atoms. The molecule has 0 fully saturated rings. The van der Waals surface area contributed by atoms with Crippen LogP contribution in [0.1, 0.15) is 213 Å². The van der Waals surface area contributed by atoms with E-state index >= 15 is 0 Å². The summed E-state index contributed by atoms with van der Waals surface area (Å²) < 4.78 is 23.0. The fourth-order valence-corrected chi connectivity index (χ4v) is 7.45. The van der Waals surface area contributed by atoms with Crippen molar-refractivity contribution < 1.29 is 42.8 Å². The van der Waals surface area contributed by atoms with Gasteiger partial charge in [-0.3, -0.25) is 18.6 Å². The fraction of sp³-hybridized carbons (Fsp3) is 0.909. The quantitative estimate of drug-likeness (QED) is 0.0183. The second-order valence-electron chi connectivity index (χ2n) is 16.9. The lowest BCUT2D eigenvalue weighted by Gasteiger charge is -2.31. The van der Waals surface area contributed by atoms with Crippen LogP contribution in [-0.4, -0.2) is 77.3 Å². The van der Waals surface area contributed by atoms with Gasteiger partial charge in [0.15, 0.2) is 11.4 Å². The third-order valence-corrected chi connectivity index (χ3v) is 11.3. The maximum absolute atomic E-state index is 13.4. The van der Waals surface area contributed by atoms with E-state index in [2.05, 4.69) is 26.0 Å². The van der Waals surface area contributed by atoms with Crippen LogP contribution in [0.25, 0.3) is 0 Å². The number of carbonyl (C=O) groups is 2. The molecule has 3 atom stereocenters. The summed E-state index contributed by atoms with van der Waals surface area (Å²) in [5, 5.41) is 22.3. The average molecular weight is 789 g/mol. The minimum atomic E-state index is -4.82. The van der Waals surface area contributed by atoms with Crippen molar-refractivity contribution in [3.8, 4) is 0 Å². The van der Waals surface area contributed by atoms with Gasteiger partial charge in [0.25, 0.3) is 0 Å². The summed E-state index contributed by atoms with van der Waals surface area (Å²) in [5.74, 6) is -1.14. The Bertz CT molecular complexity index is 984. The Morgan fingerprint density at radius 1 is 0.630 bits per heavy atom. The van der Waals surface area contributed by atoms with Gasteiger partial charge in [0.05, 0.1) is 21.1 Å². The molecule has 0 rings (SSSR count). The lowest BCUT2D eigenvalue weighted by Crippen LogP contribution is -2.52. The average Bonchev–Trinajstić information content (AvgIpc) is 3.10. The van der Waals surface area contributed by atoms with Crippen LogP contribution in [0.3, 0.4) is 0 Å². The summed E-state index contributed by atoms with van der Waals surface area (Å²) in [7, 11) is 0.843. The monoisotopic (exact) mass is 789 g/mol. The molecule has 9 nitrogen and oxygen atoms in total. The van der Waals surface area contributed by atoms with Crippen LogP contribution in [0.15, 0.2) is 12.2 Å². The number of aliphatic hydroxyl groups excluding tert-OH is 1. The maximum atomic E-state index is 13.4. The number of nitrogens with zero attached hydrogens (tertiary/aromatic N) is 1. The van der Waals surface area contributed by atoms with Crippen molar-refractivity contribution in [1.29, 1.82) is 0 Å². The van der Waals surface area contributed by atoms with E-state index in [0.717, 1.165) is 64.2 Å². The van der Waals surface area contributed by atoms with Crippen LogP contribution < -0.4 is 0 Å². The van der Waals surface area contributed by atoms with Crippen LogP contribution in [0.2, 0.25) is 0 Å². The summed E-state index contributed by atoms with van der Waals surface area (Å²) in [6, 6.07) is 0. The summed E-state index contributed by atoms with van der Waals surface area (Å²) in [4.78, 5) is 36.6. The normalized spacial score (nSPS) is 15.0. The van der Waals surface area contributed by atoms with Crippen LogP contribution in [0.5, 0.6) is 0 Å². The van der Waals surface area contributed by atoms with Crippen molar-refractivity contribution in [3.63, 3.8) is 0 Å². The molecule has 0 radical (unpaired) electrons. The first-order chi connectivity index (χ1) is 25.8. The number of Topliss-reactive ketones (excluding diaryl/α,β-unsaturated/α-hetero) is 2. The molecule has 0 saturated heterocycles. The summed E-state index contributed by atoms with van der Waals surface area (Å²) in [5.41, 5.74) is -2.63. The van der Waals surface area contributed by atoms with E-state index in [-0.39, 0.29) is 25.2 Å². The zero-order valence-corrected chi connectivity index (χ0v) is 36.7. The molecule has 0 aliphatic rings. The van der Waals surface area contributed by atoms with Gasteiger partial charge in [-0.05, 0) is 38.5 Å². The molecular weight excluding hydrogens is 701 g/mol. The van der Waals surface area contributed by atoms with Crippen LogP contribution in [0, 0.1) is 0 Å². The van der Waals surface area contributed by atoms with E-state index in [1.807, 2.05) is 21.1 Å².